The number of H-pyrrole nitrogens is 1. The number of aliphatic hydroxyl groups is 1. The molecular weight excluding hydrogens is 308 g/mol. The molecule has 0 aliphatic carbocycles. The fraction of sp³-hybridized carbons (Fsp3) is 0.615. The standard InChI is InChI=1S/C13H16N4O6/c1-13(20-2)22-8-6(3-18)21-12(9(8)23-13)17-5-16-7-10(17)14-4-15-11(7)19/h4-6,8-9,12,18H,3H2,1-2H3,(H,14,15,19)/t6-,8-,9-,12-,13+/m1/s1. The number of ether oxygens (including phenoxy) is 4. The number of rotatable bonds is 3. The van der Waals surface area contributed by atoms with E-state index >= 15 is 0 Å². The van der Waals surface area contributed by atoms with Crippen molar-refractivity contribution < 1.29 is 24.1 Å². The third kappa shape index (κ3) is 2.11. The number of aromatic nitrogens is 4. The molecule has 10 nitrogen and oxygen atoms in total. The van der Waals surface area contributed by atoms with Crippen LogP contribution in [0, 0.1) is 0 Å². The first kappa shape index (κ1) is 14.7. The number of nitrogens with one attached hydrogen (secondary N) is 1. The highest BCUT2D eigenvalue weighted by atomic mass is 16.9. The second-order valence-corrected chi connectivity index (χ2v) is 5.53. The van der Waals surface area contributed by atoms with Crippen molar-refractivity contribution in [2.24, 2.45) is 0 Å². The molecule has 0 unspecified atom stereocenters. The minimum Gasteiger partial charge on any atom is -0.394 e. The summed E-state index contributed by atoms with van der Waals surface area (Å²) in [6, 6.07) is 0. The molecule has 124 valence electrons. The van der Waals surface area contributed by atoms with Crippen molar-refractivity contribution in [2.45, 2.75) is 37.4 Å². The number of hydrogen-bond donors (Lipinski definition) is 2. The Balaban J connectivity index is 1.76. The van der Waals surface area contributed by atoms with Gasteiger partial charge in [0.1, 0.15) is 18.3 Å². The molecule has 2 aromatic heterocycles. The lowest BCUT2D eigenvalue weighted by molar-refractivity contribution is -0.336. The molecule has 2 aliphatic rings. The molecule has 2 N–H and O–H groups in total. The zero-order valence-corrected chi connectivity index (χ0v) is 12.5. The molecule has 2 aromatic rings. The van der Waals surface area contributed by atoms with Crippen LogP contribution in [-0.4, -0.2) is 62.6 Å². The lowest BCUT2D eigenvalue weighted by atomic mass is 10.1. The fourth-order valence-electron chi connectivity index (χ4n) is 3.01. The Labute approximate surface area is 130 Å². The van der Waals surface area contributed by atoms with Crippen LogP contribution in [0.2, 0.25) is 0 Å². The summed E-state index contributed by atoms with van der Waals surface area (Å²) in [4.78, 5) is 22.5. The van der Waals surface area contributed by atoms with Gasteiger partial charge >= 0.3 is 0 Å². The first-order valence-electron chi connectivity index (χ1n) is 7.13. The van der Waals surface area contributed by atoms with Gasteiger partial charge in [-0.25, -0.2) is 9.97 Å². The van der Waals surface area contributed by atoms with Crippen LogP contribution in [0.5, 0.6) is 0 Å². The summed E-state index contributed by atoms with van der Waals surface area (Å²) in [5.41, 5.74) is 0.228. The van der Waals surface area contributed by atoms with E-state index in [1.54, 1.807) is 11.5 Å². The minimum absolute atomic E-state index is 0.202. The molecule has 2 aliphatic heterocycles. The fourth-order valence-corrected chi connectivity index (χ4v) is 3.01. The van der Waals surface area contributed by atoms with Gasteiger partial charge in [0, 0.05) is 14.0 Å². The predicted octanol–water partition coefficient (Wildman–Crippen LogP) is -0.887. The summed E-state index contributed by atoms with van der Waals surface area (Å²) in [6.07, 6.45) is 0.490. The zero-order chi connectivity index (χ0) is 16.2. The van der Waals surface area contributed by atoms with E-state index in [2.05, 4.69) is 15.0 Å². The molecule has 10 heteroatoms. The van der Waals surface area contributed by atoms with Crippen LogP contribution in [0.25, 0.3) is 11.2 Å². The lowest BCUT2D eigenvalue weighted by Gasteiger charge is -2.25. The van der Waals surface area contributed by atoms with Gasteiger partial charge < -0.3 is 29.0 Å². The smallest absolute Gasteiger partial charge is 0.280 e. The number of fused-ring (bicyclic) bond motifs is 2. The van der Waals surface area contributed by atoms with Crippen molar-refractivity contribution in [1.29, 1.82) is 0 Å². The maximum Gasteiger partial charge on any atom is 0.280 e. The maximum absolute atomic E-state index is 11.8. The van der Waals surface area contributed by atoms with Crippen LogP contribution in [0.1, 0.15) is 13.2 Å². The quantitative estimate of drug-likeness (QED) is 0.746. The Bertz CT molecular complexity index is 790. The van der Waals surface area contributed by atoms with E-state index in [0.29, 0.717) is 5.65 Å². The SMILES string of the molecule is CO[C@]1(C)O[C@@H]2[C@H](O1)[C@@H](CO)O[C@H]2n1cnc2c(=O)[nH]cnc21. The van der Waals surface area contributed by atoms with Crippen LogP contribution >= 0.6 is 0 Å². The molecular formula is C13H16N4O6. The highest BCUT2D eigenvalue weighted by molar-refractivity contribution is 5.68. The first-order chi connectivity index (χ1) is 11.1. The van der Waals surface area contributed by atoms with E-state index in [1.165, 1.54) is 19.8 Å². The summed E-state index contributed by atoms with van der Waals surface area (Å²) in [6.45, 7) is 1.41. The molecule has 0 spiro atoms. The average molecular weight is 324 g/mol. The molecule has 0 amide bonds. The van der Waals surface area contributed by atoms with Gasteiger partial charge in [-0.3, -0.25) is 9.36 Å². The Morgan fingerprint density at radius 3 is 2.96 bits per heavy atom. The molecule has 2 fully saturated rings. The van der Waals surface area contributed by atoms with Crippen molar-refractivity contribution >= 4 is 11.2 Å². The van der Waals surface area contributed by atoms with Gasteiger partial charge in [-0.2, -0.15) is 0 Å². The van der Waals surface area contributed by atoms with E-state index in [1.807, 2.05) is 0 Å². The van der Waals surface area contributed by atoms with Gasteiger partial charge in [-0.15, -0.1) is 0 Å². The van der Waals surface area contributed by atoms with E-state index in [0.717, 1.165) is 0 Å². The van der Waals surface area contributed by atoms with Crippen molar-refractivity contribution in [3.8, 4) is 0 Å². The normalized spacial score (nSPS) is 36.7. The number of methoxy groups -OCH3 is 1. The minimum atomic E-state index is -1.22. The molecule has 23 heavy (non-hydrogen) atoms. The summed E-state index contributed by atoms with van der Waals surface area (Å²) in [7, 11) is 1.47. The van der Waals surface area contributed by atoms with E-state index in [-0.39, 0.29) is 17.7 Å². The van der Waals surface area contributed by atoms with Gasteiger partial charge in [-0.05, 0) is 0 Å². The van der Waals surface area contributed by atoms with E-state index < -0.39 is 30.5 Å². The third-order valence-electron chi connectivity index (χ3n) is 4.18. The zero-order valence-electron chi connectivity index (χ0n) is 12.5. The monoisotopic (exact) mass is 324 g/mol. The van der Waals surface area contributed by atoms with Crippen molar-refractivity contribution in [3.63, 3.8) is 0 Å². The number of imidazole rings is 1. The molecule has 4 rings (SSSR count). The molecule has 4 heterocycles. The van der Waals surface area contributed by atoms with Gasteiger partial charge in [0.2, 0.25) is 0 Å². The van der Waals surface area contributed by atoms with Crippen LogP contribution in [0.4, 0.5) is 0 Å². The van der Waals surface area contributed by atoms with Gasteiger partial charge in [0.15, 0.2) is 17.4 Å². The number of hydrogen-bond acceptors (Lipinski definition) is 8. The van der Waals surface area contributed by atoms with Crippen molar-refractivity contribution in [2.75, 3.05) is 13.7 Å². The summed E-state index contributed by atoms with van der Waals surface area (Å²) < 4.78 is 24.2. The van der Waals surface area contributed by atoms with Crippen molar-refractivity contribution in [3.05, 3.63) is 23.0 Å². The third-order valence-corrected chi connectivity index (χ3v) is 4.18. The number of aromatic amines is 1. The number of aliphatic hydroxyl groups excluding tert-OH is 1. The molecule has 5 atom stereocenters. The van der Waals surface area contributed by atoms with Crippen LogP contribution < -0.4 is 5.56 Å². The maximum atomic E-state index is 11.8. The summed E-state index contributed by atoms with van der Waals surface area (Å²) >= 11 is 0. The van der Waals surface area contributed by atoms with Gasteiger partial charge in [-0.1, -0.05) is 0 Å². The van der Waals surface area contributed by atoms with Gasteiger partial charge in [0.05, 0.1) is 19.3 Å². The predicted molar refractivity (Wildman–Crippen MR) is 74.3 cm³/mol. The Hall–Kier alpha value is -1.85. The van der Waals surface area contributed by atoms with Crippen molar-refractivity contribution in [1.82, 2.24) is 19.5 Å². The average Bonchev–Trinajstić information content (AvgIpc) is 3.19. The Kier molecular flexibility index (Phi) is 3.25. The Morgan fingerprint density at radius 1 is 1.43 bits per heavy atom. The Morgan fingerprint density at radius 2 is 2.22 bits per heavy atom. The number of nitrogens with zero attached hydrogens (tertiary/aromatic N) is 3. The molecule has 0 saturated carbocycles. The molecule has 0 aromatic carbocycles. The highest BCUT2D eigenvalue weighted by Gasteiger charge is 2.57. The molecule has 2 saturated heterocycles. The van der Waals surface area contributed by atoms with Crippen LogP contribution in [0.15, 0.2) is 17.4 Å². The van der Waals surface area contributed by atoms with Gasteiger partial charge in [0.25, 0.3) is 11.5 Å². The van der Waals surface area contributed by atoms with Crippen LogP contribution in [0.3, 0.4) is 0 Å². The van der Waals surface area contributed by atoms with E-state index in [9.17, 15) is 9.90 Å². The topological polar surface area (TPSA) is 121 Å². The second kappa shape index (κ2) is 5.08. The first-order valence-corrected chi connectivity index (χ1v) is 7.13. The summed E-state index contributed by atoms with van der Waals surface area (Å²) in [5, 5.41) is 9.53. The summed E-state index contributed by atoms with van der Waals surface area (Å²) in [5.74, 6) is -1.22. The second-order valence-electron chi connectivity index (χ2n) is 5.53. The molecule has 0 radical (unpaired) electrons. The van der Waals surface area contributed by atoms with E-state index in [4.69, 9.17) is 18.9 Å². The van der Waals surface area contributed by atoms with Crippen LogP contribution in [-0.2, 0) is 18.9 Å². The molecule has 0 bridgehead atoms. The highest BCUT2D eigenvalue weighted by Crippen LogP contribution is 2.43. The lowest BCUT2D eigenvalue weighted by Crippen LogP contribution is -2.34. The largest absolute Gasteiger partial charge is 0.394 e.